The van der Waals surface area contributed by atoms with Crippen molar-refractivity contribution in [2.45, 2.75) is 26.7 Å². The van der Waals surface area contributed by atoms with Gasteiger partial charge in [-0.3, -0.25) is 19.2 Å². The maximum atomic E-state index is 11.8. The monoisotopic (exact) mass is 389 g/mol. The van der Waals surface area contributed by atoms with E-state index in [-0.39, 0.29) is 23.6 Å². The van der Waals surface area contributed by atoms with Crippen LogP contribution < -0.4 is 21.3 Å². The third-order valence-electron chi connectivity index (χ3n) is 3.37. The Hall–Kier alpha value is -1.81. The molecule has 0 aromatic carbocycles. The zero-order valence-electron chi connectivity index (χ0n) is 15.6. The predicted molar refractivity (Wildman–Crippen MR) is 103 cm³/mol. The lowest BCUT2D eigenvalue weighted by Crippen LogP contribution is -2.38. The maximum Gasteiger partial charge on any atom is 0.221 e. The highest BCUT2D eigenvalue weighted by atomic mass is 32.1. The molecule has 0 aliphatic carbocycles. The molecule has 0 aliphatic heterocycles. The maximum absolute atomic E-state index is 11.8. The largest absolute Gasteiger partial charge is 0.355 e. The van der Waals surface area contributed by atoms with Crippen LogP contribution in [0, 0.1) is 0 Å². The van der Waals surface area contributed by atoms with E-state index >= 15 is 0 Å². The van der Waals surface area contributed by atoms with E-state index in [0.717, 1.165) is 0 Å². The van der Waals surface area contributed by atoms with Crippen molar-refractivity contribution in [3.8, 4) is 0 Å². The van der Waals surface area contributed by atoms with Gasteiger partial charge in [-0.15, -0.1) is 0 Å². The summed E-state index contributed by atoms with van der Waals surface area (Å²) in [6.07, 6.45) is 0.635. The number of nitrogens with zero attached hydrogens (tertiary/aromatic N) is 1. The van der Waals surface area contributed by atoms with Gasteiger partial charge in [0.05, 0.1) is 0 Å². The van der Waals surface area contributed by atoms with Gasteiger partial charge in [0.1, 0.15) is 0 Å². The molecule has 4 amide bonds. The number of carbonyl (C=O) groups is 4. The van der Waals surface area contributed by atoms with Crippen LogP contribution in [0.15, 0.2) is 0 Å². The number of thiol groups is 1. The highest BCUT2D eigenvalue weighted by Gasteiger charge is 2.10. The summed E-state index contributed by atoms with van der Waals surface area (Å²) in [6.45, 7) is 6.18. The fourth-order valence-electron chi connectivity index (χ4n) is 2.05. The minimum atomic E-state index is -0.130. The van der Waals surface area contributed by atoms with E-state index < -0.39 is 0 Å². The summed E-state index contributed by atoms with van der Waals surface area (Å²) < 4.78 is 0. The Labute approximate surface area is 160 Å². The molecule has 0 radical (unpaired) electrons. The Balaban J connectivity index is 3.93. The van der Waals surface area contributed by atoms with Gasteiger partial charge in [-0.2, -0.15) is 12.6 Å². The summed E-state index contributed by atoms with van der Waals surface area (Å²) in [6, 6.07) is 0. The number of hydrogen-bond acceptors (Lipinski definition) is 6. The molecule has 9 nitrogen and oxygen atoms in total. The van der Waals surface area contributed by atoms with Crippen LogP contribution >= 0.6 is 12.6 Å². The Morgan fingerprint density at radius 2 is 1.08 bits per heavy atom. The van der Waals surface area contributed by atoms with E-state index in [4.69, 9.17) is 0 Å². The van der Waals surface area contributed by atoms with E-state index in [9.17, 15) is 19.2 Å². The van der Waals surface area contributed by atoms with Crippen LogP contribution in [0.1, 0.15) is 26.7 Å². The van der Waals surface area contributed by atoms with Crippen molar-refractivity contribution < 1.29 is 19.2 Å². The zero-order chi connectivity index (χ0) is 19.8. The summed E-state index contributed by atoms with van der Waals surface area (Å²) in [5, 5.41) is 10.7. The van der Waals surface area contributed by atoms with Crippen molar-refractivity contribution in [2.24, 2.45) is 0 Å². The molecule has 0 aliphatic rings. The van der Waals surface area contributed by atoms with Crippen molar-refractivity contribution in [1.29, 1.82) is 0 Å². The first-order chi connectivity index (χ1) is 12.3. The normalized spacial score (nSPS) is 10.3. The summed E-state index contributed by atoms with van der Waals surface area (Å²) in [5.41, 5.74) is 0. The topological polar surface area (TPSA) is 120 Å². The fraction of sp³-hybridized carbons (Fsp3) is 0.750. The van der Waals surface area contributed by atoms with Gasteiger partial charge >= 0.3 is 0 Å². The molecule has 0 saturated carbocycles. The lowest BCUT2D eigenvalue weighted by atomic mass is 10.3. The van der Waals surface area contributed by atoms with Gasteiger partial charge in [-0.25, -0.2) is 0 Å². The van der Waals surface area contributed by atoms with E-state index in [0.29, 0.717) is 64.4 Å². The number of carbonyl (C=O) groups excluding carboxylic acids is 4. The molecule has 0 heterocycles. The minimum absolute atomic E-state index is 0.0979. The number of nitrogens with one attached hydrogen (secondary N) is 4. The van der Waals surface area contributed by atoms with Crippen LogP contribution in [-0.2, 0) is 19.2 Å². The second-order valence-electron chi connectivity index (χ2n) is 5.73. The quantitative estimate of drug-likeness (QED) is 0.183. The van der Waals surface area contributed by atoms with Crippen LogP contribution in [0.4, 0.5) is 0 Å². The molecular weight excluding hydrogens is 358 g/mol. The summed E-state index contributed by atoms with van der Waals surface area (Å²) in [4.78, 5) is 47.0. The van der Waals surface area contributed by atoms with E-state index in [2.05, 4.69) is 33.9 Å². The molecule has 0 unspecified atom stereocenters. The molecular formula is C16H31N5O4S. The molecule has 0 spiro atoms. The smallest absolute Gasteiger partial charge is 0.221 e. The van der Waals surface area contributed by atoms with Crippen molar-refractivity contribution >= 4 is 36.3 Å². The van der Waals surface area contributed by atoms with E-state index in [1.165, 1.54) is 13.8 Å². The average molecular weight is 390 g/mol. The van der Waals surface area contributed by atoms with Gasteiger partial charge in [-0.05, 0) is 0 Å². The van der Waals surface area contributed by atoms with Crippen LogP contribution in [0.2, 0.25) is 0 Å². The minimum Gasteiger partial charge on any atom is -0.355 e. The zero-order valence-corrected chi connectivity index (χ0v) is 16.5. The highest BCUT2D eigenvalue weighted by Crippen LogP contribution is 1.96. The van der Waals surface area contributed by atoms with Gasteiger partial charge in [0, 0.05) is 78.3 Å². The average Bonchev–Trinajstić information content (AvgIpc) is 2.57. The van der Waals surface area contributed by atoms with Crippen molar-refractivity contribution in [3.05, 3.63) is 0 Å². The molecule has 0 saturated heterocycles. The molecule has 150 valence electrons. The highest BCUT2D eigenvalue weighted by molar-refractivity contribution is 7.80. The SMILES string of the molecule is CC(=O)NCCNC(=O)CCN(CCS)CCC(=O)NCCNC(C)=O. The Bertz CT molecular complexity index is 424. The second kappa shape index (κ2) is 15.4. The second-order valence-corrected chi connectivity index (χ2v) is 6.18. The van der Waals surface area contributed by atoms with E-state index in [1.54, 1.807) is 0 Å². The van der Waals surface area contributed by atoms with Gasteiger partial charge in [0.25, 0.3) is 0 Å². The first-order valence-electron chi connectivity index (χ1n) is 8.70. The summed E-state index contributed by atoms with van der Waals surface area (Å²) in [5.74, 6) is 0.177. The lowest BCUT2D eigenvalue weighted by Gasteiger charge is -2.21. The van der Waals surface area contributed by atoms with Gasteiger partial charge in [-0.1, -0.05) is 0 Å². The molecule has 0 atom stereocenters. The van der Waals surface area contributed by atoms with Crippen LogP contribution in [0.3, 0.4) is 0 Å². The van der Waals surface area contributed by atoms with Crippen molar-refractivity contribution in [3.63, 3.8) is 0 Å². The lowest BCUT2D eigenvalue weighted by molar-refractivity contribution is -0.122. The standard InChI is InChI=1S/C16H31N5O4S/c1-13(22)17-5-7-19-15(24)3-9-21(11-12-26)10-4-16(25)20-8-6-18-14(2)23/h26H,3-12H2,1-2H3,(H,17,22)(H,18,23)(H,19,24)(H,20,25). The third-order valence-corrected chi connectivity index (χ3v) is 3.57. The van der Waals surface area contributed by atoms with E-state index in [1.807, 2.05) is 4.90 Å². The van der Waals surface area contributed by atoms with Crippen LogP contribution in [0.25, 0.3) is 0 Å². The molecule has 0 aromatic rings. The Morgan fingerprint density at radius 1 is 0.692 bits per heavy atom. The Kier molecular flexibility index (Phi) is 14.4. The molecule has 0 rings (SSSR count). The predicted octanol–water partition coefficient (Wildman–Crippen LogP) is -1.50. The van der Waals surface area contributed by atoms with Crippen LogP contribution in [0.5, 0.6) is 0 Å². The van der Waals surface area contributed by atoms with Gasteiger partial charge < -0.3 is 26.2 Å². The Morgan fingerprint density at radius 3 is 1.42 bits per heavy atom. The molecule has 26 heavy (non-hydrogen) atoms. The van der Waals surface area contributed by atoms with Crippen LogP contribution in [-0.4, -0.2) is 80.1 Å². The number of rotatable bonds is 14. The molecule has 0 aromatic heterocycles. The molecule has 0 fully saturated rings. The molecule has 10 heteroatoms. The number of hydrogen-bond donors (Lipinski definition) is 5. The molecule has 0 bridgehead atoms. The number of amides is 4. The molecule has 4 N–H and O–H groups in total. The summed E-state index contributed by atoms with van der Waals surface area (Å²) in [7, 11) is 0. The van der Waals surface area contributed by atoms with Crippen molar-refractivity contribution in [1.82, 2.24) is 26.2 Å². The van der Waals surface area contributed by atoms with Crippen molar-refractivity contribution in [2.75, 3.05) is 51.6 Å². The third kappa shape index (κ3) is 15.7. The first kappa shape index (κ1) is 24.2. The van der Waals surface area contributed by atoms with Gasteiger partial charge in [0.2, 0.25) is 23.6 Å². The van der Waals surface area contributed by atoms with Gasteiger partial charge in [0.15, 0.2) is 0 Å². The summed E-state index contributed by atoms with van der Waals surface area (Å²) >= 11 is 4.20. The first-order valence-corrected chi connectivity index (χ1v) is 9.34. The fourth-order valence-corrected chi connectivity index (χ4v) is 2.34.